The number of amides is 1. The lowest BCUT2D eigenvalue weighted by Crippen LogP contribution is -2.33. The van der Waals surface area contributed by atoms with Crippen LogP contribution in [0, 0.1) is 0 Å². The van der Waals surface area contributed by atoms with Gasteiger partial charge in [-0.25, -0.2) is 8.42 Å². The molecule has 1 heterocycles. The molecule has 38 heavy (non-hydrogen) atoms. The molecule has 1 aromatic heterocycles. The Morgan fingerprint density at radius 1 is 0.763 bits per heavy atom. The fourth-order valence-corrected chi connectivity index (χ4v) is 5.17. The summed E-state index contributed by atoms with van der Waals surface area (Å²) in [6.07, 6.45) is 0. The standard InChI is InChI=1S/C29H22N2O6S/c32-28(26-18-22-8-4-5-9-25(22)37-26)30-23-14-10-19(11-15-23)20-12-16-24(17-13-20)38(35,36)31-27(29(33)34)21-6-2-1-3-7-21/h1-18,27,31H,(H,30,32)(H,33,34)/t27-/m1/s1. The second-order valence-corrected chi connectivity index (χ2v) is 10.2. The van der Waals surface area contributed by atoms with E-state index >= 15 is 0 Å². The minimum absolute atomic E-state index is 0.0573. The molecule has 0 unspecified atom stereocenters. The molecule has 4 aromatic carbocycles. The molecule has 0 bridgehead atoms. The molecule has 0 aliphatic heterocycles. The highest BCUT2D eigenvalue weighted by atomic mass is 32.2. The van der Waals surface area contributed by atoms with Crippen molar-refractivity contribution in [1.82, 2.24) is 4.72 Å². The first kappa shape index (κ1) is 24.9. The maximum absolute atomic E-state index is 12.9. The van der Waals surface area contributed by atoms with Crippen molar-refractivity contribution in [3.8, 4) is 11.1 Å². The van der Waals surface area contributed by atoms with E-state index < -0.39 is 22.0 Å². The number of carbonyl (C=O) groups excluding carboxylic acids is 1. The summed E-state index contributed by atoms with van der Waals surface area (Å²) < 4.78 is 33.6. The zero-order valence-corrected chi connectivity index (χ0v) is 20.7. The van der Waals surface area contributed by atoms with Crippen LogP contribution >= 0.6 is 0 Å². The Labute approximate surface area is 218 Å². The van der Waals surface area contributed by atoms with Crippen LogP contribution in [0.5, 0.6) is 0 Å². The average Bonchev–Trinajstić information content (AvgIpc) is 3.37. The van der Waals surface area contributed by atoms with Crippen LogP contribution in [-0.2, 0) is 14.8 Å². The van der Waals surface area contributed by atoms with Crippen LogP contribution in [0.25, 0.3) is 22.1 Å². The Morgan fingerprint density at radius 3 is 2.00 bits per heavy atom. The molecular formula is C29H22N2O6S. The predicted octanol–water partition coefficient (Wildman–Crippen LogP) is 5.46. The van der Waals surface area contributed by atoms with Crippen molar-refractivity contribution in [2.24, 2.45) is 0 Å². The van der Waals surface area contributed by atoms with Gasteiger partial charge in [-0.3, -0.25) is 9.59 Å². The van der Waals surface area contributed by atoms with Crippen LogP contribution in [0.4, 0.5) is 5.69 Å². The molecule has 190 valence electrons. The summed E-state index contributed by atoms with van der Waals surface area (Å²) in [5, 5.41) is 13.2. The Bertz CT molecular complexity index is 1680. The van der Waals surface area contributed by atoms with Crippen molar-refractivity contribution in [3.63, 3.8) is 0 Å². The number of nitrogens with one attached hydrogen (secondary N) is 2. The highest BCUT2D eigenvalue weighted by molar-refractivity contribution is 7.89. The molecule has 9 heteroatoms. The summed E-state index contributed by atoms with van der Waals surface area (Å²) in [4.78, 5) is 24.2. The number of rotatable bonds is 8. The van der Waals surface area contributed by atoms with Crippen LogP contribution in [0.3, 0.4) is 0 Å². The number of aliphatic carboxylic acids is 1. The van der Waals surface area contributed by atoms with Gasteiger partial charge in [0, 0.05) is 11.1 Å². The zero-order valence-electron chi connectivity index (χ0n) is 19.9. The molecule has 0 aliphatic carbocycles. The number of hydrogen-bond donors (Lipinski definition) is 3. The van der Waals surface area contributed by atoms with Gasteiger partial charge in [0.05, 0.1) is 4.90 Å². The Morgan fingerprint density at radius 2 is 1.37 bits per heavy atom. The first-order chi connectivity index (χ1) is 18.3. The van der Waals surface area contributed by atoms with E-state index in [-0.39, 0.29) is 16.6 Å². The summed E-state index contributed by atoms with van der Waals surface area (Å²) in [6.45, 7) is 0. The van der Waals surface area contributed by atoms with Gasteiger partial charge in [-0.2, -0.15) is 4.72 Å². The van der Waals surface area contributed by atoms with Crippen molar-refractivity contribution >= 4 is 38.6 Å². The molecule has 1 amide bonds. The minimum Gasteiger partial charge on any atom is -0.480 e. The van der Waals surface area contributed by atoms with Gasteiger partial charge in [0.2, 0.25) is 10.0 Å². The quantitative estimate of drug-likeness (QED) is 0.247. The molecule has 0 saturated heterocycles. The van der Waals surface area contributed by atoms with E-state index in [9.17, 15) is 23.1 Å². The second-order valence-electron chi connectivity index (χ2n) is 8.51. The summed E-state index contributed by atoms with van der Waals surface area (Å²) in [5.41, 5.74) is 3.08. The van der Waals surface area contributed by atoms with Crippen molar-refractivity contribution < 1.29 is 27.5 Å². The van der Waals surface area contributed by atoms with Crippen molar-refractivity contribution in [2.75, 3.05) is 5.32 Å². The number of fused-ring (bicyclic) bond motifs is 1. The predicted molar refractivity (Wildman–Crippen MR) is 143 cm³/mol. The van der Waals surface area contributed by atoms with Gasteiger partial charge in [-0.15, -0.1) is 0 Å². The number of anilines is 1. The molecule has 5 aromatic rings. The molecular weight excluding hydrogens is 504 g/mol. The van der Waals surface area contributed by atoms with Gasteiger partial charge in [0.15, 0.2) is 5.76 Å². The van der Waals surface area contributed by atoms with Crippen molar-refractivity contribution in [3.05, 3.63) is 121 Å². The molecule has 1 atom stereocenters. The molecule has 0 saturated carbocycles. The summed E-state index contributed by atoms with van der Waals surface area (Å²) in [5.74, 6) is -1.46. The van der Waals surface area contributed by atoms with Gasteiger partial charge in [-0.05, 0) is 53.1 Å². The molecule has 0 fully saturated rings. The lowest BCUT2D eigenvalue weighted by Gasteiger charge is -2.15. The number of carboxylic acid groups (broad SMARTS) is 1. The zero-order chi connectivity index (χ0) is 26.7. The largest absolute Gasteiger partial charge is 0.480 e. The number of carbonyl (C=O) groups is 2. The first-order valence-electron chi connectivity index (χ1n) is 11.6. The SMILES string of the molecule is O=C(Nc1ccc(-c2ccc(S(=O)(=O)N[C@@H](C(=O)O)c3ccccc3)cc2)cc1)c1cc2ccccc2o1. The smallest absolute Gasteiger partial charge is 0.326 e. The van der Waals surface area contributed by atoms with E-state index in [1.54, 1.807) is 78.9 Å². The Balaban J connectivity index is 1.28. The van der Waals surface area contributed by atoms with Crippen LogP contribution in [0.1, 0.15) is 22.2 Å². The molecule has 3 N–H and O–H groups in total. The van der Waals surface area contributed by atoms with Gasteiger partial charge in [-0.1, -0.05) is 72.8 Å². The lowest BCUT2D eigenvalue weighted by atomic mass is 10.1. The van der Waals surface area contributed by atoms with Crippen LogP contribution in [-0.4, -0.2) is 25.4 Å². The highest BCUT2D eigenvalue weighted by Crippen LogP contribution is 2.25. The number of furan rings is 1. The second kappa shape index (κ2) is 10.3. The topological polar surface area (TPSA) is 126 Å². The number of sulfonamides is 1. The normalized spacial score (nSPS) is 12.2. The van der Waals surface area contributed by atoms with Gasteiger partial charge < -0.3 is 14.8 Å². The van der Waals surface area contributed by atoms with Crippen LogP contribution in [0.2, 0.25) is 0 Å². The number of para-hydroxylation sites is 1. The van der Waals surface area contributed by atoms with E-state index in [4.69, 9.17) is 4.42 Å². The fourth-order valence-electron chi connectivity index (χ4n) is 3.99. The van der Waals surface area contributed by atoms with E-state index in [0.717, 1.165) is 16.5 Å². The maximum Gasteiger partial charge on any atom is 0.326 e. The van der Waals surface area contributed by atoms with Crippen LogP contribution < -0.4 is 10.0 Å². The molecule has 0 aliphatic rings. The van der Waals surface area contributed by atoms with Crippen molar-refractivity contribution in [2.45, 2.75) is 10.9 Å². The van der Waals surface area contributed by atoms with E-state index in [2.05, 4.69) is 10.0 Å². The minimum atomic E-state index is -4.10. The summed E-state index contributed by atoms with van der Waals surface area (Å²) in [6, 6.07) is 28.9. The summed E-state index contributed by atoms with van der Waals surface area (Å²) >= 11 is 0. The van der Waals surface area contributed by atoms with E-state index in [1.807, 2.05) is 18.2 Å². The third-order valence-electron chi connectivity index (χ3n) is 5.94. The number of hydrogen-bond acceptors (Lipinski definition) is 5. The number of benzene rings is 4. The average molecular weight is 527 g/mol. The number of carboxylic acids is 1. The molecule has 0 radical (unpaired) electrons. The van der Waals surface area contributed by atoms with E-state index in [1.165, 1.54) is 12.1 Å². The van der Waals surface area contributed by atoms with Gasteiger partial charge >= 0.3 is 5.97 Å². The monoisotopic (exact) mass is 526 g/mol. The molecule has 0 spiro atoms. The Hall–Kier alpha value is -4.73. The lowest BCUT2D eigenvalue weighted by molar-refractivity contribution is -0.139. The highest BCUT2D eigenvalue weighted by Gasteiger charge is 2.26. The van der Waals surface area contributed by atoms with Gasteiger partial charge in [0.25, 0.3) is 5.91 Å². The fraction of sp³-hybridized carbons (Fsp3) is 0.0345. The summed E-state index contributed by atoms with van der Waals surface area (Å²) in [7, 11) is -4.10. The molecule has 8 nitrogen and oxygen atoms in total. The van der Waals surface area contributed by atoms with Gasteiger partial charge in [0.1, 0.15) is 11.6 Å². The van der Waals surface area contributed by atoms with E-state index in [0.29, 0.717) is 16.8 Å². The van der Waals surface area contributed by atoms with Crippen molar-refractivity contribution in [1.29, 1.82) is 0 Å². The third-order valence-corrected chi connectivity index (χ3v) is 7.38. The van der Waals surface area contributed by atoms with Crippen LogP contribution in [0.15, 0.2) is 119 Å². The maximum atomic E-state index is 12.9. The third kappa shape index (κ3) is 5.34. The first-order valence-corrected chi connectivity index (χ1v) is 13.1. The molecule has 5 rings (SSSR count). The Kier molecular flexibility index (Phi) is 6.78.